The molecule has 7 nitrogen and oxygen atoms in total. The lowest BCUT2D eigenvalue weighted by molar-refractivity contribution is -0.138. The van der Waals surface area contributed by atoms with Crippen LogP contribution in [0.5, 0.6) is 0 Å². The molecule has 210 valence electrons. The van der Waals surface area contributed by atoms with E-state index >= 15 is 0 Å². The van der Waals surface area contributed by atoms with Crippen molar-refractivity contribution in [2.45, 2.75) is 76.2 Å². The maximum absolute atomic E-state index is 14.2. The van der Waals surface area contributed by atoms with Crippen molar-refractivity contribution in [3.05, 3.63) is 76.4 Å². The zero-order valence-electron chi connectivity index (χ0n) is 22.8. The summed E-state index contributed by atoms with van der Waals surface area (Å²) in [6, 6.07) is 10.1. The highest BCUT2D eigenvalue weighted by molar-refractivity contribution is 6.10. The lowest BCUT2D eigenvalue weighted by atomic mass is 9.57. The van der Waals surface area contributed by atoms with Gasteiger partial charge in [-0.15, -0.1) is 10.2 Å². The van der Waals surface area contributed by atoms with Crippen LogP contribution in [0.2, 0.25) is 0 Å². The summed E-state index contributed by atoms with van der Waals surface area (Å²) < 4.78 is 44.5. The minimum Gasteiger partial charge on any atom is -0.320 e. The molecule has 0 bridgehead atoms. The van der Waals surface area contributed by atoms with E-state index in [1.165, 1.54) is 11.0 Å². The van der Waals surface area contributed by atoms with Crippen molar-refractivity contribution in [2.24, 2.45) is 13.0 Å². The van der Waals surface area contributed by atoms with Crippen molar-refractivity contribution < 1.29 is 22.8 Å². The zero-order chi connectivity index (χ0) is 28.4. The third kappa shape index (κ3) is 4.33. The molecule has 2 fully saturated rings. The number of hydrogen-bond acceptors (Lipinski definition) is 5. The van der Waals surface area contributed by atoms with Crippen LogP contribution in [0.4, 0.5) is 18.9 Å². The standard InChI is InChI=1S/C30H32F3N5O2/c1-18(39)20-13-29(14-20,27-36-35-17-37(27)3)21-6-4-7-22(12-21)38-16-24-23(26(38)40)10-19(11-25(24)30(31,32)33)15-34-28(2)8-5-9-28/h4,6-7,10-12,17,20,34H,5,8-9,13-16H2,1-3H3/t20-,29-. The number of benzene rings is 2. The molecule has 1 N–H and O–H groups in total. The number of fused-ring (bicyclic) bond motifs is 1. The molecule has 0 saturated heterocycles. The first-order valence-corrected chi connectivity index (χ1v) is 13.7. The summed E-state index contributed by atoms with van der Waals surface area (Å²) in [6.07, 6.45) is 1.20. The first-order valence-electron chi connectivity index (χ1n) is 13.7. The fourth-order valence-electron chi connectivity index (χ4n) is 6.54. The summed E-state index contributed by atoms with van der Waals surface area (Å²) in [6.45, 7) is 3.76. The fourth-order valence-corrected chi connectivity index (χ4v) is 6.54. The van der Waals surface area contributed by atoms with Crippen molar-refractivity contribution in [2.75, 3.05) is 4.90 Å². The van der Waals surface area contributed by atoms with Gasteiger partial charge in [0, 0.05) is 36.3 Å². The van der Waals surface area contributed by atoms with Crippen LogP contribution in [0.25, 0.3) is 0 Å². The van der Waals surface area contributed by atoms with E-state index in [0.29, 0.717) is 24.1 Å². The highest BCUT2D eigenvalue weighted by Gasteiger charge is 2.51. The van der Waals surface area contributed by atoms with Gasteiger partial charge in [-0.05, 0) is 86.9 Å². The molecule has 0 spiro atoms. The molecule has 2 heterocycles. The number of alkyl halides is 3. The van der Waals surface area contributed by atoms with Gasteiger partial charge in [-0.1, -0.05) is 12.1 Å². The molecular weight excluding hydrogens is 519 g/mol. The molecule has 2 saturated carbocycles. The summed E-state index contributed by atoms with van der Waals surface area (Å²) >= 11 is 0. The van der Waals surface area contributed by atoms with Crippen LogP contribution in [0.15, 0.2) is 42.7 Å². The van der Waals surface area contributed by atoms with Crippen LogP contribution in [0.1, 0.15) is 84.4 Å². The molecule has 10 heteroatoms. The number of carbonyl (C=O) groups is 2. The lowest BCUT2D eigenvalue weighted by Crippen LogP contribution is -2.47. The number of amides is 1. The zero-order valence-corrected chi connectivity index (χ0v) is 22.8. The number of hydrogen-bond donors (Lipinski definition) is 1. The van der Waals surface area contributed by atoms with Crippen molar-refractivity contribution in [1.29, 1.82) is 0 Å². The van der Waals surface area contributed by atoms with E-state index in [9.17, 15) is 22.8 Å². The first kappa shape index (κ1) is 26.7. The Labute approximate surface area is 230 Å². The largest absolute Gasteiger partial charge is 0.416 e. The number of aromatic nitrogens is 3. The Bertz CT molecular complexity index is 1500. The molecule has 2 aromatic carbocycles. The molecule has 1 aromatic heterocycles. The lowest BCUT2D eigenvalue weighted by Gasteiger charge is -2.46. The van der Waals surface area contributed by atoms with Crippen molar-refractivity contribution >= 4 is 17.4 Å². The number of Topliss-reactive ketones (excluding diaryl/α,β-unsaturated/α-hetero) is 1. The Hall–Kier alpha value is -3.53. The minimum atomic E-state index is -4.58. The van der Waals surface area contributed by atoms with E-state index in [0.717, 1.165) is 30.7 Å². The summed E-state index contributed by atoms with van der Waals surface area (Å²) in [5, 5.41) is 11.8. The molecule has 0 atom stereocenters. The van der Waals surface area contributed by atoms with Gasteiger partial charge >= 0.3 is 6.18 Å². The summed E-state index contributed by atoms with van der Waals surface area (Å²) in [5.74, 6) is 0.268. The van der Waals surface area contributed by atoms with E-state index in [2.05, 4.69) is 22.4 Å². The predicted molar refractivity (Wildman–Crippen MR) is 143 cm³/mol. The van der Waals surface area contributed by atoms with Gasteiger partial charge < -0.3 is 14.8 Å². The van der Waals surface area contributed by atoms with Crippen LogP contribution in [0.3, 0.4) is 0 Å². The predicted octanol–water partition coefficient (Wildman–Crippen LogP) is 5.31. The van der Waals surface area contributed by atoms with Crippen LogP contribution >= 0.6 is 0 Å². The summed E-state index contributed by atoms with van der Waals surface area (Å²) in [7, 11) is 1.85. The highest BCUT2D eigenvalue weighted by Crippen LogP contribution is 2.52. The van der Waals surface area contributed by atoms with Gasteiger partial charge in [0.05, 0.1) is 17.5 Å². The number of nitrogens with one attached hydrogen (secondary N) is 1. The topological polar surface area (TPSA) is 80.1 Å². The Morgan fingerprint density at radius 1 is 1.18 bits per heavy atom. The third-order valence-corrected chi connectivity index (χ3v) is 9.20. The number of nitrogens with zero attached hydrogens (tertiary/aromatic N) is 4. The Morgan fingerprint density at radius 2 is 1.93 bits per heavy atom. The number of halogens is 3. The molecule has 1 amide bonds. The Kier molecular flexibility index (Phi) is 6.18. The van der Waals surface area contributed by atoms with Gasteiger partial charge in [0.25, 0.3) is 5.91 Å². The Morgan fingerprint density at radius 3 is 2.52 bits per heavy atom. The Balaban J connectivity index is 1.34. The average molecular weight is 552 g/mol. The molecule has 0 radical (unpaired) electrons. The molecule has 0 unspecified atom stereocenters. The second-order valence-electron chi connectivity index (χ2n) is 11.9. The van der Waals surface area contributed by atoms with Gasteiger partial charge in [-0.25, -0.2) is 0 Å². The number of carbonyl (C=O) groups excluding carboxylic acids is 2. The summed E-state index contributed by atoms with van der Waals surface area (Å²) in [4.78, 5) is 27.2. The smallest absolute Gasteiger partial charge is 0.320 e. The monoisotopic (exact) mass is 551 g/mol. The van der Waals surface area contributed by atoms with Crippen LogP contribution in [-0.2, 0) is 36.5 Å². The molecule has 3 aromatic rings. The van der Waals surface area contributed by atoms with Crippen molar-refractivity contribution in [3.8, 4) is 0 Å². The SMILES string of the molecule is CC(=O)[C@H]1C[C@](c2cccc(N3Cc4c(cc(CNC5(C)CCC5)cc4C(F)(F)F)C3=O)c2)(c2nncn2C)C1. The number of ketones is 1. The van der Waals surface area contributed by atoms with Gasteiger partial charge in [-0.2, -0.15) is 13.2 Å². The minimum absolute atomic E-state index is 0.00445. The number of aryl methyl sites for hydroxylation is 1. The van der Waals surface area contributed by atoms with Crippen LogP contribution in [0, 0.1) is 5.92 Å². The molecule has 2 aliphatic carbocycles. The van der Waals surface area contributed by atoms with Crippen LogP contribution in [-0.4, -0.2) is 32.0 Å². The number of rotatable bonds is 7. The molecule has 6 rings (SSSR count). The van der Waals surface area contributed by atoms with Crippen molar-refractivity contribution in [3.63, 3.8) is 0 Å². The van der Waals surface area contributed by atoms with E-state index in [1.807, 2.05) is 23.7 Å². The van der Waals surface area contributed by atoms with E-state index in [4.69, 9.17) is 0 Å². The van der Waals surface area contributed by atoms with Gasteiger partial charge in [0.15, 0.2) is 0 Å². The maximum Gasteiger partial charge on any atom is 0.416 e. The second kappa shape index (κ2) is 9.26. The second-order valence-corrected chi connectivity index (χ2v) is 11.9. The molecule has 1 aliphatic heterocycles. The highest BCUT2D eigenvalue weighted by atomic mass is 19.4. The molecule has 3 aliphatic rings. The normalized spacial score (nSPS) is 23.5. The van der Waals surface area contributed by atoms with E-state index in [-0.39, 0.29) is 41.5 Å². The van der Waals surface area contributed by atoms with E-state index in [1.54, 1.807) is 31.5 Å². The third-order valence-electron chi connectivity index (χ3n) is 9.20. The fraction of sp³-hybridized carbons (Fsp3) is 0.467. The quantitative estimate of drug-likeness (QED) is 0.431. The maximum atomic E-state index is 14.2. The van der Waals surface area contributed by atoms with E-state index < -0.39 is 23.1 Å². The summed E-state index contributed by atoms with van der Waals surface area (Å²) in [5.41, 5.74) is 0.527. The molecule has 40 heavy (non-hydrogen) atoms. The van der Waals surface area contributed by atoms with Gasteiger partial charge in [0.2, 0.25) is 0 Å². The van der Waals surface area contributed by atoms with Crippen LogP contribution < -0.4 is 10.2 Å². The van der Waals surface area contributed by atoms with Gasteiger partial charge in [0.1, 0.15) is 17.9 Å². The average Bonchev–Trinajstić information content (AvgIpc) is 3.43. The van der Waals surface area contributed by atoms with Gasteiger partial charge in [-0.3, -0.25) is 9.59 Å². The van der Waals surface area contributed by atoms with Crippen molar-refractivity contribution in [1.82, 2.24) is 20.1 Å². The number of anilines is 1. The molecular formula is C30H32F3N5O2. The first-order chi connectivity index (χ1) is 18.9.